The molecule has 0 bridgehead atoms. The average Bonchev–Trinajstić information content (AvgIpc) is 2.99. The van der Waals surface area contributed by atoms with Gasteiger partial charge in [0.05, 0.1) is 17.1 Å². The van der Waals surface area contributed by atoms with Gasteiger partial charge in [0.2, 0.25) is 5.91 Å². The molecule has 0 saturated heterocycles. The Bertz CT molecular complexity index is 837. The molecule has 0 saturated carbocycles. The van der Waals surface area contributed by atoms with Crippen molar-refractivity contribution in [2.45, 2.75) is 24.9 Å². The zero-order valence-electron chi connectivity index (χ0n) is 13.6. The fourth-order valence-corrected chi connectivity index (χ4v) is 3.39. The highest BCUT2D eigenvalue weighted by atomic mass is 16.6. The lowest BCUT2D eigenvalue weighted by molar-refractivity contribution is -0.385. The van der Waals surface area contributed by atoms with E-state index in [-0.39, 0.29) is 24.4 Å². The number of aryl methyl sites for hydroxylation is 1. The number of hydrogen-bond donors (Lipinski definition) is 3. The number of fused-ring (bicyclic) bond motifs is 1. The van der Waals surface area contributed by atoms with Crippen LogP contribution in [0.2, 0.25) is 0 Å². The van der Waals surface area contributed by atoms with Crippen molar-refractivity contribution in [1.82, 2.24) is 5.32 Å². The molecule has 0 fully saturated rings. The van der Waals surface area contributed by atoms with Gasteiger partial charge in [0.15, 0.2) is 0 Å². The number of primary amides is 1. The van der Waals surface area contributed by atoms with Crippen molar-refractivity contribution in [3.05, 3.63) is 74.8 Å². The number of rotatable bonds is 6. The number of nitrogens with zero attached hydrogens (tertiary/aromatic N) is 1. The van der Waals surface area contributed by atoms with Crippen molar-refractivity contribution in [2.24, 2.45) is 5.73 Å². The van der Waals surface area contributed by atoms with Gasteiger partial charge >= 0.3 is 0 Å². The van der Waals surface area contributed by atoms with E-state index in [1.165, 1.54) is 23.8 Å². The third kappa shape index (κ3) is 3.11. The van der Waals surface area contributed by atoms with Gasteiger partial charge in [-0.25, -0.2) is 0 Å². The topological polar surface area (TPSA) is 118 Å². The van der Waals surface area contributed by atoms with E-state index in [1.54, 1.807) is 0 Å². The van der Waals surface area contributed by atoms with Gasteiger partial charge in [0, 0.05) is 23.7 Å². The Labute approximate surface area is 144 Å². The van der Waals surface area contributed by atoms with Crippen LogP contribution >= 0.6 is 0 Å². The molecule has 2 aromatic carbocycles. The standard InChI is InChI=1S/C18H19N3O4/c19-17(23)13-5-6-14(16(9-13)21(24)25)10-20-18(11-22)8-7-12-3-1-2-4-15(12)18/h1-6,9,20,22H,7-8,10-11H2,(H2,19,23)/t18-/m1/s1. The molecule has 130 valence electrons. The molecule has 0 unspecified atom stereocenters. The number of carbonyl (C=O) groups excluding carboxylic acids is 1. The molecule has 0 spiro atoms. The van der Waals surface area contributed by atoms with Gasteiger partial charge in [-0.2, -0.15) is 0 Å². The van der Waals surface area contributed by atoms with Crippen molar-refractivity contribution < 1.29 is 14.8 Å². The van der Waals surface area contributed by atoms with Crippen LogP contribution in [-0.4, -0.2) is 22.5 Å². The van der Waals surface area contributed by atoms with E-state index in [9.17, 15) is 20.0 Å². The summed E-state index contributed by atoms with van der Waals surface area (Å²) in [6, 6.07) is 12.1. The van der Waals surface area contributed by atoms with Gasteiger partial charge in [-0.1, -0.05) is 30.3 Å². The Balaban J connectivity index is 1.88. The van der Waals surface area contributed by atoms with Crippen molar-refractivity contribution >= 4 is 11.6 Å². The molecule has 0 aromatic heterocycles. The molecule has 7 heteroatoms. The predicted molar refractivity (Wildman–Crippen MR) is 92.0 cm³/mol. The second kappa shape index (κ2) is 6.62. The van der Waals surface area contributed by atoms with E-state index in [1.807, 2.05) is 24.3 Å². The molecule has 0 aliphatic heterocycles. The molecule has 1 aliphatic rings. The number of aliphatic hydroxyl groups excluding tert-OH is 1. The van der Waals surface area contributed by atoms with Crippen LogP contribution in [0.5, 0.6) is 0 Å². The van der Waals surface area contributed by atoms with Gasteiger partial charge in [-0.05, 0) is 30.0 Å². The Morgan fingerprint density at radius 3 is 2.76 bits per heavy atom. The Morgan fingerprint density at radius 1 is 1.32 bits per heavy atom. The number of amides is 1. The summed E-state index contributed by atoms with van der Waals surface area (Å²) in [5.41, 5.74) is 7.13. The maximum Gasteiger partial charge on any atom is 0.274 e. The summed E-state index contributed by atoms with van der Waals surface area (Å²) in [7, 11) is 0. The second-order valence-corrected chi connectivity index (χ2v) is 6.22. The van der Waals surface area contributed by atoms with E-state index in [0.29, 0.717) is 5.56 Å². The van der Waals surface area contributed by atoms with Crippen LogP contribution < -0.4 is 11.1 Å². The third-order valence-corrected chi connectivity index (χ3v) is 4.81. The minimum Gasteiger partial charge on any atom is -0.394 e. The molecule has 0 heterocycles. The smallest absolute Gasteiger partial charge is 0.274 e. The fraction of sp³-hybridized carbons (Fsp3) is 0.278. The van der Waals surface area contributed by atoms with Crippen molar-refractivity contribution in [3.8, 4) is 0 Å². The summed E-state index contributed by atoms with van der Waals surface area (Å²) in [5.74, 6) is -0.709. The van der Waals surface area contributed by atoms with E-state index < -0.39 is 16.4 Å². The van der Waals surface area contributed by atoms with E-state index in [0.717, 1.165) is 18.4 Å². The molecule has 1 atom stereocenters. The van der Waals surface area contributed by atoms with Crippen molar-refractivity contribution in [3.63, 3.8) is 0 Å². The van der Waals surface area contributed by atoms with Crippen LogP contribution in [0.3, 0.4) is 0 Å². The highest BCUT2D eigenvalue weighted by Crippen LogP contribution is 2.37. The zero-order valence-corrected chi connectivity index (χ0v) is 13.6. The van der Waals surface area contributed by atoms with Gasteiger partial charge in [-0.15, -0.1) is 0 Å². The molecule has 3 rings (SSSR count). The number of nitrogens with one attached hydrogen (secondary N) is 1. The maximum absolute atomic E-state index is 11.3. The molecule has 2 aromatic rings. The minimum atomic E-state index is -0.709. The summed E-state index contributed by atoms with van der Waals surface area (Å²) in [4.78, 5) is 22.0. The Morgan fingerprint density at radius 2 is 2.08 bits per heavy atom. The lowest BCUT2D eigenvalue weighted by Crippen LogP contribution is -2.43. The quantitative estimate of drug-likeness (QED) is 0.545. The number of aliphatic hydroxyl groups is 1. The minimum absolute atomic E-state index is 0.0959. The first-order chi connectivity index (χ1) is 12.0. The predicted octanol–water partition coefficient (Wildman–Crippen LogP) is 1.62. The molecular weight excluding hydrogens is 322 g/mol. The first-order valence-corrected chi connectivity index (χ1v) is 7.98. The van der Waals surface area contributed by atoms with Crippen molar-refractivity contribution in [1.29, 1.82) is 0 Å². The van der Waals surface area contributed by atoms with E-state index in [4.69, 9.17) is 5.73 Å². The SMILES string of the molecule is NC(=O)c1ccc(CN[C@@]2(CO)CCc3ccccc32)c([N+](=O)[O-])c1. The summed E-state index contributed by atoms with van der Waals surface area (Å²) < 4.78 is 0. The largest absolute Gasteiger partial charge is 0.394 e. The highest BCUT2D eigenvalue weighted by molar-refractivity contribution is 5.93. The van der Waals surface area contributed by atoms with Gasteiger partial charge in [0.25, 0.3) is 5.69 Å². The van der Waals surface area contributed by atoms with Crippen LogP contribution in [0.1, 0.15) is 33.5 Å². The van der Waals surface area contributed by atoms with E-state index >= 15 is 0 Å². The molecule has 25 heavy (non-hydrogen) atoms. The van der Waals surface area contributed by atoms with Crippen molar-refractivity contribution in [2.75, 3.05) is 6.61 Å². The number of nitro benzene ring substituents is 1. The van der Waals surface area contributed by atoms with Crippen LogP contribution in [0, 0.1) is 10.1 Å². The number of hydrogen-bond acceptors (Lipinski definition) is 5. The molecule has 7 nitrogen and oxygen atoms in total. The Hall–Kier alpha value is -2.77. The molecule has 1 aliphatic carbocycles. The average molecular weight is 341 g/mol. The lowest BCUT2D eigenvalue weighted by Gasteiger charge is -2.30. The summed E-state index contributed by atoms with van der Waals surface area (Å²) in [5, 5.41) is 24.6. The van der Waals surface area contributed by atoms with Crippen LogP contribution in [0.25, 0.3) is 0 Å². The fourth-order valence-electron chi connectivity index (χ4n) is 3.39. The molecular formula is C18H19N3O4. The monoisotopic (exact) mass is 341 g/mol. The number of nitrogens with two attached hydrogens (primary N) is 1. The molecule has 4 N–H and O–H groups in total. The first kappa shape index (κ1) is 17.1. The number of carbonyl (C=O) groups is 1. The van der Waals surface area contributed by atoms with Crippen LogP contribution in [0.4, 0.5) is 5.69 Å². The highest BCUT2D eigenvalue weighted by Gasteiger charge is 2.37. The number of benzene rings is 2. The van der Waals surface area contributed by atoms with Gasteiger partial charge < -0.3 is 16.2 Å². The Kier molecular flexibility index (Phi) is 4.52. The third-order valence-electron chi connectivity index (χ3n) is 4.81. The summed E-state index contributed by atoms with van der Waals surface area (Å²) >= 11 is 0. The lowest BCUT2D eigenvalue weighted by atomic mass is 9.92. The zero-order chi connectivity index (χ0) is 18.0. The first-order valence-electron chi connectivity index (χ1n) is 7.98. The molecule has 1 amide bonds. The second-order valence-electron chi connectivity index (χ2n) is 6.22. The van der Waals surface area contributed by atoms with Gasteiger partial charge in [0.1, 0.15) is 0 Å². The van der Waals surface area contributed by atoms with E-state index in [2.05, 4.69) is 5.32 Å². The van der Waals surface area contributed by atoms with Crippen LogP contribution in [-0.2, 0) is 18.5 Å². The van der Waals surface area contributed by atoms with Crippen LogP contribution in [0.15, 0.2) is 42.5 Å². The number of nitro groups is 1. The summed E-state index contributed by atoms with van der Waals surface area (Å²) in [6.07, 6.45) is 1.56. The molecule has 0 radical (unpaired) electrons. The maximum atomic E-state index is 11.3. The normalized spacial score (nSPS) is 18.8. The summed E-state index contributed by atoms with van der Waals surface area (Å²) in [6.45, 7) is 0.0986. The van der Waals surface area contributed by atoms with Gasteiger partial charge in [-0.3, -0.25) is 14.9 Å².